The van der Waals surface area contributed by atoms with Gasteiger partial charge in [0, 0.05) is 5.69 Å². The van der Waals surface area contributed by atoms with Crippen LogP contribution in [0.15, 0.2) is 36.4 Å². The van der Waals surface area contributed by atoms with E-state index in [9.17, 15) is 9.59 Å². The molecular weight excluding hydrogens is 306 g/mol. The summed E-state index contributed by atoms with van der Waals surface area (Å²) >= 11 is 0. The smallest absolute Gasteiger partial charge is 0.310 e. The highest BCUT2D eigenvalue weighted by Crippen LogP contribution is 2.29. The van der Waals surface area contributed by atoms with Gasteiger partial charge in [0.15, 0.2) is 0 Å². The number of methoxy groups -OCH3 is 1. The molecular formula is C19H25NO4. The summed E-state index contributed by atoms with van der Waals surface area (Å²) in [5.41, 5.74) is 0.685. The van der Waals surface area contributed by atoms with Gasteiger partial charge < -0.3 is 14.8 Å². The van der Waals surface area contributed by atoms with Crippen LogP contribution in [0.5, 0.6) is 5.75 Å². The topological polar surface area (TPSA) is 64.6 Å². The monoisotopic (exact) mass is 331 g/mol. The second-order valence-corrected chi connectivity index (χ2v) is 6.03. The Labute approximate surface area is 143 Å². The van der Waals surface area contributed by atoms with Gasteiger partial charge in [0.1, 0.15) is 5.75 Å². The van der Waals surface area contributed by atoms with Crippen LogP contribution in [0.4, 0.5) is 5.69 Å². The third-order valence-corrected chi connectivity index (χ3v) is 4.32. The summed E-state index contributed by atoms with van der Waals surface area (Å²) in [7, 11) is 1.59. The fourth-order valence-electron chi connectivity index (χ4n) is 2.64. The molecule has 2 rings (SSSR count). The van der Waals surface area contributed by atoms with Crippen molar-refractivity contribution < 1.29 is 19.1 Å². The highest BCUT2D eigenvalue weighted by molar-refractivity contribution is 5.95. The number of benzene rings is 1. The zero-order valence-corrected chi connectivity index (χ0v) is 14.5. The Morgan fingerprint density at radius 1 is 1.17 bits per heavy atom. The summed E-state index contributed by atoms with van der Waals surface area (Å²) in [4.78, 5) is 25.0. The fraction of sp³-hybridized carbons (Fsp3) is 0.474. The number of rotatable bonds is 6. The van der Waals surface area contributed by atoms with Crippen LogP contribution in [-0.4, -0.2) is 25.1 Å². The summed E-state index contributed by atoms with van der Waals surface area (Å²) in [5.74, 6) is -0.557. The summed E-state index contributed by atoms with van der Waals surface area (Å²) in [5, 5.41) is 2.88. The Morgan fingerprint density at radius 3 is 2.38 bits per heavy atom. The predicted octanol–water partition coefficient (Wildman–Crippen LogP) is 3.56. The van der Waals surface area contributed by atoms with Crippen LogP contribution in [0.2, 0.25) is 0 Å². The number of hydrogen-bond donors (Lipinski definition) is 1. The Balaban J connectivity index is 2.04. The number of carbonyl (C=O) groups is 2. The lowest BCUT2D eigenvalue weighted by Gasteiger charge is -2.27. The molecule has 5 nitrogen and oxygen atoms in total. The Kier molecular flexibility index (Phi) is 6.41. The van der Waals surface area contributed by atoms with E-state index in [1.54, 1.807) is 31.4 Å². The highest BCUT2D eigenvalue weighted by atomic mass is 16.5. The van der Waals surface area contributed by atoms with Gasteiger partial charge in [-0.15, -0.1) is 0 Å². The minimum absolute atomic E-state index is 0.131. The number of anilines is 1. The molecule has 1 aliphatic rings. The zero-order chi connectivity index (χ0) is 17.5. The van der Waals surface area contributed by atoms with Crippen LogP contribution in [0, 0.1) is 11.8 Å². The van der Waals surface area contributed by atoms with Crippen molar-refractivity contribution in [3.63, 3.8) is 0 Å². The number of hydrogen-bond acceptors (Lipinski definition) is 4. The summed E-state index contributed by atoms with van der Waals surface area (Å²) in [6.45, 7) is 3.83. The summed E-state index contributed by atoms with van der Waals surface area (Å²) < 4.78 is 10.5. The molecule has 0 saturated carbocycles. The molecule has 0 aliphatic heterocycles. The number of nitrogens with one attached hydrogen (secondary N) is 1. The molecule has 24 heavy (non-hydrogen) atoms. The zero-order valence-electron chi connectivity index (χ0n) is 14.5. The van der Waals surface area contributed by atoms with Crippen LogP contribution < -0.4 is 10.1 Å². The average Bonchev–Trinajstić information content (AvgIpc) is 2.62. The van der Waals surface area contributed by atoms with Crippen LogP contribution >= 0.6 is 0 Å². The number of amides is 1. The van der Waals surface area contributed by atoms with Crippen molar-refractivity contribution in [2.24, 2.45) is 11.8 Å². The lowest BCUT2D eigenvalue weighted by molar-refractivity contribution is -0.157. The van der Waals surface area contributed by atoms with Crippen LogP contribution in [-0.2, 0) is 14.3 Å². The molecule has 3 atom stereocenters. The molecule has 0 radical (unpaired) electrons. The molecule has 1 aromatic carbocycles. The van der Waals surface area contributed by atoms with Gasteiger partial charge in [0.25, 0.3) is 0 Å². The summed E-state index contributed by atoms with van der Waals surface area (Å²) in [6.07, 6.45) is 5.61. The van der Waals surface area contributed by atoms with Gasteiger partial charge in [-0.1, -0.05) is 19.1 Å². The number of ether oxygens (including phenoxy) is 2. The molecule has 0 unspecified atom stereocenters. The van der Waals surface area contributed by atoms with Crippen LogP contribution in [0.3, 0.4) is 0 Å². The molecule has 1 N–H and O–H groups in total. The van der Waals surface area contributed by atoms with Gasteiger partial charge >= 0.3 is 5.97 Å². The lowest BCUT2D eigenvalue weighted by Crippen LogP contribution is -2.36. The van der Waals surface area contributed by atoms with E-state index in [1.807, 2.05) is 26.0 Å². The number of esters is 1. The van der Waals surface area contributed by atoms with Gasteiger partial charge in [-0.3, -0.25) is 9.59 Å². The third-order valence-electron chi connectivity index (χ3n) is 4.32. The molecule has 0 fully saturated rings. The fourth-order valence-corrected chi connectivity index (χ4v) is 2.64. The minimum atomic E-state index is -0.428. The Hall–Kier alpha value is -2.30. The molecule has 0 saturated heterocycles. The first kappa shape index (κ1) is 18.0. The molecule has 130 valence electrons. The number of carbonyl (C=O) groups excluding carboxylic acids is 2. The second kappa shape index (κ2) is 8.52. The van der Waals surface area contributed by atoms with Gasteiger partial charge in [0.2, 0.25) is 5.91 Å². The van der Waals surface area contributed by atoms with Crippen LogP contribution in [0.1, 0.15) is 33.1 Å². The van der Waals surface area contributed by atoms with Crippen molar-refractivity contribution in [2.45, 2.75) is 39.2 Å². The van der Waals surface area contributed by atoms with E-state index in [4.69, 9.17) is 9.47 Å². The molecule has 0 spiro atoms. The first-order chi connectivity index (χ1) is 11.5. The van der Waals surface area contributed by atoms with Gasteiger partial charge in [-0.25, -0.2) is 0 Å². The van der Waals surface area contributed by atoms with Gasteiger partial charge in [-0.2, -0.15) is 0 Å². The second-order valence-electron chi connectivity index (χ2n) is 6.03. The van der Waals surface area contributed by atoms with Gasteiger partial charge in [0.05, 0.1) is 25.0 Å². The van der Waals surface area contributed by atoms with Crippen molar-refractivity contribution in [3.8, 4) is 5.75 Å². The first-order valence-electron chi connectivity index (χ1n) is 8.35. The predicted molar refractivity (Wildman–Crippen MR) is 92.8 cm³/mol. The minimum Gasteiger partial charge on any atom is -0.497 e. The quantitative estimate of drug-likeness (QED) is 0.639. The van der Waals surface area contributed by atoms with E-state index in [0.29, 0.717) is 18.5 Å². The molecule has 0 heterocycles. The Bertz CT molecular complexity index is 594. The third kappa shape index (κ3) is 4.60. The molecule has 1 amide bonds. The van der Waals surface area contributed by atoms with Crippen molar-refractivity contribution in [1.29, 1.82) is 0 Å². The molecule has 1 aliphatic carbocycles. The number of allylic oxidation sites excluding steroid dienone is 2. The van der Waals surface area contributed by atoms with Crippen LogP contribution in [0.25, 0.3) is 0 Å². The van der Waals surface area contributed by atoms with Crippen molar-refractivity contribution in [3.05, 3.63) is 36.4 Å². The standard InChI is InChI=1S/C19H25NO4/c1-4-13(2)24-19(22)17-8-6-5-7-16(17)18(21)20-14-9-11-15(23-3)12-10-14/h5-6,9-13,16-17H,4,7-8H2,1-3H3,(H,20,21)/t13-,16-,17-/m0/s1. The molecule has 0 bridgehead atoms. The van der Waals surface area contributed by atoms with E-state index in [1.165, 1.54) is 0 Å². The van der Waals surface area contributed by atoms with Crippen molar-refractivity contribution in [2.75, 3.05) is 12.4 Å². The maximum atomic E-state index is 12.6. The lowest BCUT2D eigenvalue weighted by atomic mass is 9.82. The Morgan fingerprint density at radius 2 is 1.79 bits per heavy atom. The van der Waals surface area contributed by atoms with E-state index in [2.05, 4.69) is 5.32 Å². The van der Waals surface area contributed by atoms with E-state index < -0.39 is 11.8 Å². The molecule has 0 aromatic heterocycles. The van der Waals surface area contributed by atoms with Crippen molar-refractivity contribution >= 4 is 17.6 Å². The first-order valence-corrected chi connectivity index (χ1v) is 8.35. The normalized spacial score (nSPS) is 21.0. The van der Waals surface area contributed by atoms with E-state index in [-0.39, 0.29) is 18.0 Å². The van der Waals surface area contributed by atoms with Gasteiger partial charge in [-0.05, 0) is 50.5 Å². The van der Waals surface area contributed by atoms with E-state index >= 15 is 0 Å². The largest absolute Gasteiger partial charge is 0.497 e. The maximum absolute atomic E-state index is 12.6. The average molecular weight is 331 g/mol. The SMILES string of the molecule is CC[C@H](C)OC(=O)[C@H]1CC=CC[C@@H]1C(=O)Nc1ccc(OC)cc1. The molecule has 5 heteroatoms. The molecule has 1 aromatic rings. The maximum Gasteiger partial charge on any atom is 0.310 e. The highest BCUT2D eigenvalue weighted by Gasteiger charge is 2.35. The summed E-state index contributed by atoms with van der Waals surface area (Å²) in [6, 6.07) is 7.12. The van der Waals surface area contributed by atoms with E-state index in [0.717, 1.165) is 12.2 Å². The van der Waals surface area contributed by atoms with Crippen molar-refractivity contribution in [1.82, 2.24) is 0 Å².